The Morgan fingerprint density at radius 3 is 2.77 bits per heavy atom. The van der Waals surface area contributed by atoms with Crippen LogP contribution in [-0.4, -0.2) is 39.8 Å². The van der Waals surface area contributed by atoms with Crippen LogP contribution < -0.4 is 5.56 Å². The molecule has 0 fully saturated rings. The molecule has 1 aromatic heterocycles. The Bertz CT molecular complexity index is 836. The highest BCUT2D eigenvalue weighted by atomic mass is 32.2. The summed E-state index contributed by atoms with van der Waals surface area (Å²) in [7, 11) is 0. The van der Waals surface area contributed by atoms with Crippen molar-refractivity contribution >= 4 is 17.7 Å². The van der Waals surface area contributed by atoms with E-state index in [0.717, 1.165) is 25.2 Å². The molecule has 6 nitrogen and oxygen atoms in total. The molecule has 26 heavy (non-hydrogen) atoms. The minimum Gasteiger partial charge on any atom is -0.465 e. The van der Waals surface area contributed by atoms with Crippen molar-refractivity contribution in [3.05, 3.63) is 57.5 Å². The lowest BCUT2D eigenvalue weighted by atomic mass is 10.1. The smallest absolute Gasteiger partial charge is 0.326 e. The van der Waals surface area contributed by atoms with Gasteiger partial charge in [-0.1, -0.05) is 42.1 Å². The van der Waals surface area contributed by atoms with Crippen LogP contribution in [-0.2, 0) is 35.6 Å². The van der Waals surface area contributed by atoms with Gasteiger partial charge in [0.05, 0.1) is 17.9 Å². The first-order valence-electron chi connectivity index (χ1n) is 8.70. The standard InChI is InChI=1S/C19H23N3O3S/c1-3-25-17(23)13-22-18(24)15-12-21(11-14-7-5-4-6-8-14)10-9-16(15)20-19(22)26-2/h4-8H,3,9-13H2,1-2H3. The summed E-state index contributed by atoms with van der Waals surface area (Å²) >= 11 is 1.38. The maximum atomic E-state index is 13.0. The molecule has 7 heteroatoms. The average Bonchev–Trinajstić information content (AvgIpc) is 2.65. The number of carbonyl (C=O) groups is 1. The summed E-state index contributed by atoms with van der Waals surface area (Å²) in [5, 5.41) is 0.568. The first kappa shape index (κ1) is 18.7. The number of aromatic nitrogens is 2. The molecule has 0 radical (unpaired) electrons. The van der Waals surface area contributed by atoms with Crippen molar-refractivity contribution in [2.75, 3.05) is 19.4 Å². The summed E-state index contributed by atoms with van der Waals surface area (Å²) in [6.07, 6.45) is 2.60. The lowest BCUT2D eigenvalue weighted by molar-refractivity contribution is -0.144. The highest BCUT2D eigenvalue weighted by Crippen LogP contribution is 2.20. The topological polar surface area (TPSA) is 64.4 Å². The third-order valence-electron chi connectivity index (χ3n) is 4.38. The molecule has 0 atom stereocenters. The first-order chi connectivity index (χ1) is 12.6. The summed E-state index contributed by atoms with van der Waals surface area (Å²) in [5.41, 5.74) is 2.62. The van der Waals surface area contributed by atoms with Crippen LogP contribution in [0.5, 0.6) is 0 Å². The molecule has 1 aliphatic rings. The highest BCUT2D eigenvalue weighted by molar-refractivity contribution is 7.98. The average molecular weight is 373 g/mol. The molecule has 1 aliphatic heterocycles. The molecule has 0 unspecified atom stereocenters. The molecule has 0 spiro atoms. The molecule has 2 heterocycles. The molecule has 0 amide bonds. The number of thioether (sulfide) groups is 1. The van der Waals surface area contributed by atoms with Crippen molar-refractivity contribution < 1.29 is 9.53 Å². The van der Waals surface area contributed by atoms with Gasteiger partial charge in [0.15, 0.2) is 5.16 Å². The van der Waals surface area contributed by atoms with Gasteiger partial charge in [0.2, 0.25) is 0 Å². The summed E-state index contributed by atoms with van der Waals surface area (Å²) in [6.45, 7) is 4.16. The number of nitrogens with zero attached hydrogens (tertiary/aromatic N) is 3. The molecule has 3 rings (SSSR count). The Kier molecular flexibility index (Phi) is 6.11. The third-order valence-corrected chi connectivity index (χ3v) is 5.06. The maximum absolute atomic E-state index is 13.0. The van der Waals surface area contributed by atoms with Crippen molar-refractivity contribution in [3.63, 3.8) is 0 Å². The van der Waals surface area contributed by atoms with Crippen LogP contribution in [0.2, 0.25) is 0 Å². The monoisotopic (exact) mass is 373 g/mol. The summed E-state index contributed by atoms with van der Waals surface area (Å²) in [4.78, 5) is 31.8. The third kappa shape index (κ3) is 4.16. The van der Waals surface area contributed by atoms with Crippen LogP contribution in [0.1, 0.15) is 23.7 Å². The predicted molar refractivity (Wildman–Crippen MR) is 101 cm³/mol. The van der Waals surface area contributed by atoms with Crippen molar-refractivity contribution in [1.29, 1.82) is 0 Å². The van der Waals surface area contributed by atoms with Gasteiger partial charge in [-0.2, -0.15) is 0 Å². The van der Waals surface area contributed by atoms with E-state index in [1.807, 2.05) is 24.5 Å². The zero-order valence-electron chi connectivity index (χ0n) is 15.1. The van der Waals surface area contributed by atoms with E-state index in [1.165, 1.54) is 21.9 Å². The van der Waals surface area contributed by atoms with Gasteiger partial charge in [-0.25, -0.2) is 4.98 Å². The molecule has 0 saturated carbocycles. The first-order valence-corrected chi connectivity index (χ1v) is 9.93. The van der Waals surface area contributed by atoms with E-state index in [4.69, 9.17) is 4.74 Å². The number of hydrogen-bond acceptors (Lipinski definition) is 6. The summed E-state index contributed by atoms with van der Waals surface area (Å²) in [6, 6.07) is 10.2. The molecule has 1 aromatic carbocycles. The second-order valence-electron chi connectivity index (χ2n) is 6.17. The Morgan fingerprint density at radius 1 is 1.31 bits per heavy atom. The number of hydrogen-bond donors (Lipinski definition) is 0. The van der Waals surface area contributed by atoms with E-state index in [2.05, 4.69) is 22.0 Å². The number of esters is 1. The molecule has 0 N–H and O–H groups in total. The number of rotatable bonds is 6. The van der Waals surface area contributed by atoms with Crippen LogP contribution in [0.3, 0.4) is 0 Å². The van der Waals surface area contributed by atoms with Gasteiger partial charge in [0.1, 0.15) is 6.54 Å². The normalized spacial score (nSPS) is 14.1. The van der Waals surface area contributed by atoms with Crippen LogP contribution >= 0.6 is 11.8 Å². The fourth-order valence-corrected chi connectivity index (χ4v) is 3.73. The van der Waals surface area contributed by atoms with Gasteiger partial charge in [0, 0.05) is 26.1 Å². The van der Waals surface area contributed by atoms with Crippen LogP contribution in [0.25, 0.3) is 0 Å². The van der Waals surface area contributed by atoms with E-state index in [0.29, 0.717) is 23.9 Å². The number of ether oxygens (including phenoxy) is 1. The van der Waals surface area contributed by atoms with Gasteiger partial charge >= 0.3 is 5.97 Å². The number of carbonyl (C=O) groups excluding carboxylic acids is 1. The molecule has 2 aromatic rings. The lowest BCUT2D eigenvalue weighted by Gasteiger charge is -2.28. The number of fused-ring (bicyclic) bond motifs is 1. The van der Waals surface area contributed by atoms with E-state index in [9.17, 15) is 9.59 Å². The van der Waals surface area contributed by atoms with Crippen molar-refractivity contribution in [1.82, 2.24) is 14.5 Å². The van der Waals surface area contributed by atoms with Gasteiger partial charge in [-0.15, -0.1) is 0 Å². The fourth-order valence-electron chi connectivity index (χ4n) is 3.16. The maximum Gasteiger partial charge on any atom is 0.326 e. The largest absolute Gasteiger partial charge is 0.465 e. The van der Waals surface area contributed by atoms with E-state index in [1.54, 1.807) is 6.92 Å². The van der Waals surface area contributed by atoms with Crippen LogP contribution in [0, 0.1) is 0 Å². The minimum absolute atomic E-state index is 0.0954. The Morgan fingerprint density at radius 2 is 2.08 bits per heavy atom. The van der Waals surface area contributed by atoms with Gasteiger partial charge in [0.25, 0.3) is 5.56 Å². The second kappa shape index (κ2) is 8.51. The molecule has 138 valence electrons. The van der Waals surface area contributed by atoms with Crippen LogP contribution in [0.4, 0.5) is 0 Å². The summed E-state index contributed by atoms with van der Waals surface area (Å²) < 4.78 is 6.44. The molecule has 0 saturated heterocycles. The van der Waals surface area contributed by atoms with Gasteiger partial charge < -0.3 is 4.74 Å². The van der Waals surface area contributed by atoms with Crippen molar-refractivity contribution in [2.45, 2.75) is 38.1 Å². The molecular weight excluding hydrogens is 350 g/mol. The summed E-state index contributed by atoms with van der Waals surface area (Å²) in [5.74, 6) is -0.413. The highest BCUT2D eigenvalue weighted by Gasteiger charge is 2.24. The van der Waals surface area contributed by atoms with E-state index < -0.39 is 5.97 Å². The Hall–Kier alpha value is -2.12. The van der Waals surface area contributed by atoms with E-state index in [-0.39, 0.29) is 12.1 Å². The molecule has 0 bridgehead atoms. The molecular formula is C19H23N3O3S. The van der Waals surface area contributed by atoms with Crippen LogP contribution in [0.15, 0.2) is 40.3 Å². The van der Waals surface area contributed by atoms with Crippen molar-refractivity contribution in [3.8, 4) is 0 Å². The lowest BCUT2D eigenvalue weighted by Crippen LogP contribution is -2.39. The quantitative estimate of drug-likeness (QED) is 0.439. The van der Waals surface area contributed by atoms with Crippen molar-refractivity contribution in [2.24, 2.45) is 0 Å². The molecule has 0 aliphatic carbocycles. The van der Waals surface area contributed by atoms with E-state index >= 15 is 0 Å². The zero-order chi connectivity index (χ0) is 18.5. The second-order valence-corrected chi connectivity index (χ2v) is 6.94. The Balaban J connectivity index is 1.86. The number of benzene rings is 1. The Labute approximate surface area is 157 Å². The predicted octanol–water partition coefficient (Wildman–Crippen LogP) is 2.09. The minimum atomic E-state index is -0.413. The van der Waals surface area contributed by atoms with Gasteiger partial charge in [-0.3, -0.25) is 19.1 Å². The van der Waals surface area contributed by atoms with Gasteiger partial charge in [-0.05, 0) is 18.7 Å². The fraction of sp³-hybridized carbons (Fsp3) is 0.421. The SMILES string of the molecule is CCOC(=O)Cn1c(SC)nc2c(c1=O)CN(Cc1ccccc1)CC2. The zero-order valence-corrected chi connectivity index (χ0v) is 15.9.